The van der Waals surface area contributed by atoms with Gasteiger partial charge in [0.2, 0.25) is 5.82 Å². The summed E-state index contributed by atoms with van der Waals surface area (Å²) in [5.41, 5.74) is 0.359. The SMILES string of the molecule is COc1ccc(O)c(CNc2ccc([N+](=O)[O-])c(F)c2)c1. The van der Waals surface area contributed by atoms with Crippen molar-refractivity contribution in [3.8, 4) is 11.5 Å². The molecule has 0 bridgehead atoms. The second-order valence-electron chi connectivity index (χ2n) is 4.27. The predicted molar refractivity (Wildman–Crippen MR) is 75.0 cm³/mol. The molecule has 0 unspecified atom stereocenters. The third kappa shape index (κ3) is 3.38. The number of nitrogens with one attached hydrogen (secondary N) is 1. The molecule has 110 valence electrons. The minimum absolute atomic E-state index is 0.0747. The number of aromatic hydroxyl groups is 1. The maximum absolute atomic E-state index is 13.5. The highest BCUT2D eigenvalue weighted by Gasteiger charge is 2.13. The van der Waals surface area contributed by atoms with Gasteiger partial charge in [0.1, 0.15) is 11.5 Å². The predicted octanol–water partition coefficient (Wildman–Crippen LogP) is 3.06. The molecule has 7 heteroatoms. The van der Waals surface area contributed by atoms with Gasteiger partial charge in [0.05, 0.1) is 12.0 Å². The average Bonchev–Trinajstić information content (AvgIpc) is 2.46. The lowest BCUT2D eigenvalue weighted by atomic mass is 10.2. The molecule has 0 saturated carbocycles. The summed E-state index contributed by atoms with van der Waals surface area (Å²) in [6.07, 6.45) is 0. The molecule has 0 spiro atoms. The Labute approximate surface area is 119 Å². The summed E-state index contributed by atoms with van der Waals surface area (Å²) in [7, 11) is 1.51. The first-order valence-electron chi connectivity index (χ1n) is 6.05. The Kier molecular flexibility index (Phi) is 4.22. The van der Waals surface area contributed by atoms with Gasteiger partial charge in [0.25, 0.3) is 0 Å². The zero-order chi connectivity index (χ0) is 15.4. The van der Waals surface area contributed by atoms with Gasteiger partial charge in [-0.3, -0.25) is 10.1 Å². The molecule has 2 rings (SSSR count). The van der Waals surface area contributed by atoms with Crippen LogP contribution < -0.4 is 10.1 Å². The van der Waals surface area contributed by atoms with E-state index >= 15 is 0 Å². The van der Waals surface area contributed by atoms with Crippen LogP contribution in [0.15, 0.2) is 36.4 Å². The number of nitro groups is 1. The molecular weight excluding hydrogens is 279 g/mol. The van der Waals surface area contributed by atoms with E-state index in [1.807, 2.05) is 0 Å². The standard InChI is InChI=1S/C14H13FN2O4/c1-21-11-3-5-14(18)9(6-11)8-16-10-2-4-13(17(19)20)12(15)7-10/h2-7,16,18H,8H2,1H3. The van der Waals surface area contributed by atoms with Crippen molar-refractivity contribution in [3.05, 3.63) is 57.9 Å². The van der Waals surface area contributed by atoms with Crippen LogP contribution in [0.4, 0.5) is 15.8 Å². The van der Waals surface area contributed by atoms with Gasteiger partial charge < -0.3 is 15.2 Å². The average molecular weight is 292 g/mol. The summed E-state index contributed by atoms with van der Waals surface area (Å²) in [5.74, 6) is -0.259. The highest BCUT2D eigenvalue weighted by molar-refractivity contribution is 5.51. The van der Waals surface area contributed by atoms with Gasteiger partial charge in [-0.15, -0.1) is 0 Å². The molecule has 0 aliphatic heterocycles. The van der Waals surface area contributed by atoms with Gasteiger partial charge in [0, 0.05) is 29.9 Å². The number of halogens is 1. The van der Waals surface area contributed by atoms with Crippen molar-refractivity contribution in [1.29, 1.82) is 0 Å². The first-order valence-corrected chi connectivity index (χ1v) is 6.05. The monoisotopic (exact) mass is 292 g/mol. The molecule has 2 aromatic carbocycles. The van der Waals surface area contributed by atoms with Crippen LogP contribution in [0.1, 0.15) is 5.56 Å². The van der Waals surface area contributed by atoms with Crippen LogP contribution in [0.5, 0.6) is 11.5 Å². The van der Waals surface area contributed by atoms with Crippen molar-refractivity contribution in [2.24, 2.45) is 0 Å². The van der Waals surface area contributed by atoms with E-state index in [2.05, 4.69) is 5.32 Å². The number of hydrogen-bond acceptors (Lipinski definition) is 5. The summed E-state index contributed by atoms with van der Waals surface area (Å²) in [4.78, 5) is 9.74. The zero-order valence-corrected chi connectivity index (χ0v) is 11.2. The summed E-state index contributed by atoms with van der Waals surface area (Å²) >= 11 is 0. The molecule has 0 heterocycles. The van der Waals surface area contributed by atoms with Crippen molar-refractivity contribution in [2.45, 2.75) is 6.54 Å². The van der Waals surface area contributed by atoms with Crippen LogP contribution in [-0.2, 0) is 6.54 Å². The molecule has 0 fully saturated rings. The number of nitrogens with zero attached hydrogens (tertiary/aromatic N) is 1. The Bertz CT molecular complexity index is 676. The highest BCUT2D eigenvalue weighted by Crippen LogP contribution is 2.25. The van der Waals surface area contributed by atoms with Crippen LogP contribution in [0, 0.1) is 15.9 Å². The van der Waals surface area contributed by atoms with Crippen LogP contribution in [0.2, 0.25) is 0 Å². The van der Waals surface area contributed by atoms with Gasteiger partial charge in [-0.05, 0) is 24.3 Å². The number of ether oxygens (including phenoxy) is 1. The van der Waals surface area contributed by atoms with E-state index in [1.54, 1.807) is 12.1 Å². The number of phenols is 1. The molecule has 0 atom stereocenters. The van der Waals surface area contributed by atoms with Crippen molar-refractivity contribution >= 4 is 11.4 Å². The van der Waals surface area contributed by atoms with E-state index < -0.39 is 16.4 Å². The van der Waals surface area contributed by atoms with Gasteiger partial charge in [-0.25, -0.2) is 0 Å². The molecule has 0 aromatic heterocycles. The Balaban J connectivity index is 2.13. The Hall–Kier alpha value is -2.83. The first-order chi connectivity index (χ1) is 10.0. The van der Waals surface area contributed by atoms with E-state index in [-0.39, 0.29) is 12.3 Å². The third-order valence-corrected chi connectivity index (χ3v) is 2.91. The Morgan fingerprint density at radius 1 is 1.33 bits per heavy atom. The largest absolute Gasteiger partial charge is 0.508 e. The van der Waals surface area contributed by atoms with E-state index in [1.165, 1.54) is 19.2 Å². The Morgan fingerprint density at radius 2 is 2.10 bits per heavy atom. The van der Waals surface area contributed by atoms with E-state index in [4.69, 9.17) is 4.74 Å². The fourth-order valence-corrected chi connectivity index (χ4v) is 1.79. The lowest BCUT2D eigenvalue weighted by Gasteiger charge is -2.10. The number of hydrogen-bond donors (Lipinski definition) is 2. The maximum Gasteiger partial charge on any atom is 0.304 e. The molecule has 0 aliphatic carbocycles. The fourth-order valence-electron chi connectivity index (χ4n) is 1.79. The number of benzene rings is 2. The summed E-state index contributed by atoms with van der Waals surface area (Å²) in [6, 6.07) is 8.28. The van der Waals surface area contributed by atoms with Crippen LogP contribution in [-0.4, -0.2) is 17.1 Å². The molecule has 2 aromatic rings. The maximum atomic E-state index is 13.5. The summed E-state index contributed by atoms with van der Waals surface area (Å²) in [6.45, 7) is 0.223. The smallest absolute Gasteiger partial charge is 0.304 e. The minimum Gasteiger partial charge on any atom is -0.508 e. The fraction of sp³-hybridized carbons (Fsp3) is 0.143. The van der Waals surface area contributed by atoms with Crippen LogP contribution >= 0.6 is 0 Å². The second-order valence-corrected chi connectivity index (χ2v) is 4.27. The van der Waals surface area contributed by atoms with Crippen molar-refractivity contribution in [2.75, 3.05) is 12.4 Å². The summed E-state index contributed by atoms with van der Waals surface area (Å²) < 4.78 is 18.5. The topological polar surface area (TPSA) is 84.6 Å². The lowest BCUT2D eigenvalue weighted by Crippen LogP contribution is -2.01. The molecule has 6 nitrogen and oxygen atoms in total. The number of anilines is 1. The van der Waals surface area contributed by atoms with Crippen LogP contribution in [0.25, 0.3) is 0 Å². The van der Waals surface area contributed by atoms with Crippen molar-refractivity contribution in [3.63, 3.8) is 0 Å². The van der Waals surface area contributed by atoms with E-state index in [0.29, 0.717) is 17.0 Å². The molecule has 21 heavy (non-hydrogen) atoms. The van der Waals surface area contributed by atoms with Crippen LogP contribution in [0.3, 0.4) is 0 Å². The molecule has 0 amide bonds. The van der Waals surface area contributed by atoms with Gasteiger partial charge in [-0.2, -0.15) is 4.39 Å². The van der Waals surface area contributed by atoms with Crippen molar-refractivity contribution in [1.82, 2.24) is 0 Å². The molecule has 2 N–H and O–H groups in total. The van der Waals surface area contributed by atoms with E-state index in [9.17, 15) is 19.6 Å². The van der Waals surface area contributed by atoms with Crippen molar-refractivity contribution < 1.29 is 19.2 Å². The summed E-state index contributed by atoms with van der Waals surface area (Å²) in [5, 5.41) is 23.1. The number of methoxy groups -OCH3 is 1. The van der Waals surface area contributed by atoms with Gasteiger partial charge >= 0.3 is 5.69 Å². The Morgan fingerprint density at radius 3 is 2.71 bits per heavy atom. The number of nitro benzene ring substituents is 1. The zero-order valence-electron chi connectivity index (χ0n) is 11.2. The van der Waals surface area contributed by atoms with E-state index in [0.717, 1.165) is 12.1 Å². The third-order valence-electron chi connectivity index (χ3n) is 2.91. The molecule has 0 saturated heterocycles. The quantitative estimate of drug-likeness (QED) is 0.653. The lowest BCUT2D eigenvalue weighted by molar-refractivity contribution is -0.387. The molecule has 0 radical (unpaired) electrons. The first kappa shape index (κ1) is 14.6. The minimum atomic E-state index is -0.917. The number of rotatable bonds is 5. The van der Waals surface area contributed by atoms with Gasteiger partial charge in [-0.1, -0.05) is 0 Å². The normalized spacial score (nSPS) is 10.2. The number of phenolic OH excluding ortho intramolecular Hbond substituents is 1. The second kappa shape index (κ2) is 6.08. The highest BCUT2D eigenvalue weighted by atomic mass is 19.1. The molecular formula is C14H13FN2O4. The van der Waals surface area contributed by atoms with Gasteiger partial charge in [0.15, 0.2) is 0 Å². The molecule has 0 aliphatic rings.